The minimum absolute atomic E-state index is 0.0539. The van der Waals surface area contributed by atoms with Gasteiger partial charge in [-0.1, -0.05) is 48.0 Å². The average Bonchev–Trinajstić information content (AvgIpc) is 2.78. The molecule has 1 aromatic heterocycles. The van der Waals surface area contributed by atoms with Crippen LogP contribution >= 0.6 is 11.6 Å². The molecule has 3 aromatic rings. The molecule has 2 aromatic carbocycles. The van der Waals surface area contributed by atoms with Gasteiger partial charge in [0, 0.05) is 17.6 Å². The highest BCUT2D eigenvalue weighted by atomic mass is 35.5. The van der Waals surface area contributed by atoms with Gasteiger partial charge in [0.2, 0.25) is 0 Å². The third kappa shape index (κ3) is 5.22. The maximum absolute atomic E-state index is 12.6. The molecular formula is C23H19ClN4O2. The van der Waals surface area contributed by atoms with Gasteiger partial charge in [0.25, 0.3) is 6.02 Å². The fourth-order valence-electron chi connectivity index (χ4n) is 2.94. The molecule has 6 nitrogen and oxygen atoms in total. The van der Waals surface area contributed by atoms with Crippen molar-refractivity contribution in [2.24, 2.45) is 10.7 Å². The number of carbonyl (C=O) groups excluding carboxylic acids is 1. The number of rotatable bonds is 6. The molecule has 0 radical (unpaired) electrons. The van der Waals surface area contributed by atoms with Crippen LogP contribution in [0.1, 0.15) is 38.8 Å². The molecule has 3 rings (SSSR count). The number of carbonyl (C=O) groups is 1. The van der Waals surface area contributed by atoms with E-state index in [1.165, 1.54) is 13.3 Å². The van der Waals surface area contributed by atoms with E-state index in [-0.39, 0.29) is 18.2 Å². The van der Waals surface area contributed by atoms with Gasteiger partial charge in [-0.25, -0.2) is 4.99 Å². The van der Waals surface area contributed by atoms with Gasteiger partial charge in [-0.2, -0.15) is 5.26 Å². The molecule has 30 heavy (non-hydrogen) atoms. The van der Waals surface area contributed by atoms with Crippen LogP contribution in [0.15, 0.2) is 71.9 Å². The first-order valence-electron chi connectivity index (χ1n) is 9.11. The smallest absolute Gasteiger partial charge is 0.282 e. The molecule has 0 aliphatic carbocycles. The standard InChI is InChI=1S/C23H19ClN4O2/c1-30-23(26)28-22(17-6-8-19(24)9-7-17)18-4-2-3-15(11-18)12-21(29)20-10-5-16(13-25)14-27-20/h2-11,14,22H,12H2,1H3,(H2,26,28). The molecule has 7 heteroatoms. The summed E-state index contributed by atoms with van der Waals surface area (Å²) in [5.41, 5.74) is 9.09. The van der Waals surface area contributed by atoms with Gasteiger partial charge in [-0.05, 0) is 41.0 Å². The normalized spacial score (nSPS) is 12.1. The van der Waals surface area contributed by atoms with Gasteiger partial charge in [-0.15, -0.1) is 0 Å². The maximum Gasteiger partial charge on any atom is 0.282 e. The Labute approximate surface area is 179 Å². The minimum Gasteiger partial charge on any atom is -0.469 e. The molecule has 0 fully saturated rings. The van der Waals surface area contributed by atoms with E-state index >= 15 is 0 Å². The van der Waals surface area contributed by atoms with E-state index in [4.69, 9.17) is 27.3 Å². The van der Waals surface area contributed by atoms with Gasteiger partial charge in [0.15, 0.2) is 5.78 Å². The summed E-state index contributed by atoms with van der Waals surface area (Å²) < 4.78 is 5.04. The zero-order valence-electron chi connectivity index (χ0n) is 16.2. The molecule has 0 saturated heterocycles. The van der Waals surface area contributed by atoms with Crippen LogP contribution in [-0.4, -0.2) is 23.9 Å². The second-order valence-electron chi connectivity index (χ2n) is 6.51. The van der Waals surface area contributed by atoms with Crippen LogP contribution in [0.5, 0.6) is 0 Å². The molecule has 1 heterocycles. The first-order chi connectivity index (χ1) is 14.5. The van der Waals surface area contributed by atoms with Crippen molar-refractivity contribution < 1.29 is 9.53 Å². The van der Waals surface area contributed by atoms with Crippen LogP contribution in [0.3, 0.4) is 0 Å². The molecule has 1 unspecified atom stereocenters. The number of ether oxygens (including phenoxy) is 1. The van der Waals surface area contributed by atoms with Gasteiger partial charge >= 0.3 is 0 Å². The Morgan fingerprint density at radius 1 is 1.20 bits per heavy atom. The van der Waals surface area contributed by atoms with Crippen LogP contribution < -0.4 is 5.73 Å². The molecule has 0 spiro atoms. The van der Waals surface area contributed by atoms with Crippen LogP contribution in [0.25, 0.3) is 0 Å². The van der Waals surface area contributed by atoms with E-state index in [0.717, 1.165) is 16.7 Å². The second-order valence-corrected chi connectivity index (χ2v) is 6.95. The number of Topliss-reactive ketones (excluding diaryl/α,β-unsaturated/α-hetero) is 1. The third-order valence-corrected chi connectivity index (χ3v) is 4.71. The zero-order valence-corrected chi connectivity index (χ0v) is 17.0. The summed E-state index contributed by atoms with van der Waals surface area (Å²) in [6.07, 6.45) is 1.56. The number of aliphatic imine (C=N–C) groups is 1. The van der Waals surface area contributed by atoms with Gasteiger partial charge in [-0.3, -0.25) is 9.78 Å². The summed E-state index contributed by atoms with van der Waals surface area (Å²) in [5.74, 6) is -0.139. The second kappa shape index (κ2) is 9.68. The quantitative estimate of drug-likeness (QED) is 0.369. The van der Waals surface area contributed by atoms with E-state index in [1.54, 1.807) is 24.3 Å². The molecule has 2 N–H and O–H groups in total. The fraction of sp³-hybridized carbons (Fsp3) is 0.130. The number of aromatic nitrogens is 1. The Morgan fingerprint density at radius 2 is 1.97 bits per heavy atom. The van der Waals surface area contributed by atoms with Crippen molar-refractivity contribution in [3.8, 4) is 6.07 Å². The van der Waals surface area contributed by atoms with Crippen molar-refractivity contribution in [3.05, 3.63) is 99.8 Å². The number of halogens is 1. The fourth-order valence-corrected chi connectivity index (χ4v) is 3.07. The SMILES string of the molecule is COC(N)=NC(c1ccc(Cl)cc1)c1cccc(CC(=O)c2ccc(C#N)cn2)c1. The molecule has 150 valence electrons. The number of nitriles is 1. The summed E-state index contributed by atoms with van der Waals surface area (Å²) in [6.45, 7) is 0. The van der Waals surface area contributed by atoms with E-state index in [9.17, 15) is 4.79 Å². The lowest BCUT2D eigenvalue weighted by Crippen LogP contribution is -2.16. The summed E-state index contributed by atoms with van der Waals surface area (Å²) >= 11 is 6.01. The topological polar surface area (TPSA) is 101 Å². The Balaban J connectivity index is 1.89. The van der Waals surface area contributed by atoms with E-state index < -0.39 is 6.04 Å². The predicted octanol–water partition coefficient (Wildman–Crippen LogP) is 4.08. The molecule has 0 amide bonds. The van der Waals surface area contributed by atoms with Crippen molar-refractivity contribution in [1.29, 1.82) is 5.26 Å². The van der Waals surface area contributed by atoms with Crippen molar-refractivity contribution in [3.63, 3.8) is 0 Å². The maximum atomic E-state index is 12.6. The molecule has 0 saturated carbocycles. The highest BCUT2D eigenvalue weighted by Crippen LogP contribution is 2.28. The largest absolute Gasteiger partial charge is 0.469 e. The van der Waals surface area contributed by atoms with Crippen LogP contribution in [0.4, 0.5) is 0 Å². The number of nitrogens with zero attached hydrogens (tertiary/aromatic N) is 3. The molecular weight excluding hydrogens is 400 g/mol. The number of methoxy groups -OCH3 is 1. The molecule has 0 bridgehead atoms. The number of benzene rings is 2. The van der Waals surface area contributed by atoms with E-state index in [1.807, 2.05) is 42.5 Å². The van der Waals surface area contributed by atoms with Gasteiger partial charge in [0.05, 0.1) is 12.7 Å². The minimum atomic E-state index is -0.412. The van der Waals surface area contributed by atoms with Crippen LogP contribution in [0, 0.1) is 11.3 Å². The molecule has 0 aliphatic heterocycles. The first-order valence-corrected chi connectivity index (χ1v) is 9.49. The summed E-state index contributed by atoms with van der Waals surface area (Å²) in [7, 11) is 1.46. The predicted molar refractivity (Wildman–Crippen MR) is 115 cm³/mol. The van der Waals surface area contributed by atoms with Gasteiger partial charge < -0.3 is 10.5 Å². The van der Waals surface area contributed by atoms with Gasteiger partial charge in [0.1, 0.15) is 17.8 Å². The Hall–Kier alpha value is -3.69. The van der Waals surface area contributed by atoms with Crippen molar-refractivity contribution >= 4 is 23.4 Å². The highest BCUT2D eigenvalue weighted by molar-refractivity contribution is 6.30. The number of hydrogen-bond acceptors (Lipinski definition) is 5. The first kappa shape index (κ1) is 21.0. The molecule has 1 atom stereocenters. The average molecular weight is 419 g/mol. The lowest BCUT2D eigenvalue weighted by atomic mass is 9.96. The highest BCUT2D eigenvalue weighted by Gasteiger charge is 2.16. The number of ketones is 1. The number of hydrogen-bond donors (Lipinski definition) is 1. The van der Waals surface area contributed by atoms with Crippen LogP contribution in [-0.2, 0) is 11.2 Å². The van der Waals surface area contributed by atoms with Crippen molar-refractivity contribution in [1.82, 2.24) is 4.98 Å². The molecule has 0 aliphatic rings. The van der Waals surface area contributed by atoms with Crippen molar-refractivity contribution in [2.75, 3.05) is 7.11 Å². The third-order valence-electron chi connectivity index (χ3n) is 4.46. The summed E-state index contributed by atoms with van der Waals surface area (Å²) in [4.78, 5) is 21.1. The lowest BCUT2D eigenvalue weighted by molar-refractivity contribution is 0.0988. The van der Waals surface area contributed by atoms with E-state index in [0.29, 0.717) is 16.3 Å². The Morgan fingerprint density at radius 3 is 2.60 bits per heavy atom. The monoisotopic (exact) mass is 418 g/mol. The Bertz CT molecular complexity index is 1100. The van der Waals surface area contributed by atoms with E-state index in [2.05, 4.69) is 9.98 Å². The number of nitrogens with two attached hydrogens (primary N) is 1. The summed E-state index contributed by atoms with van der Waals surface area (Å²) in [6, 6.07) is 19.6. The zero-order chi connectivity index (χ0) is 21.5. The Kier molecular flexibility index (Phi) is 6.79. The number of pyridine rings is 1. The number of amidine groups is 1. The van der Waals surface area contributed by atoms with Crippen molar-refractivity contribution in [2.45, 2.75) is 12.5 Å². The lowest BCUT2D eigenvalue weighted by Gasteiger charge is -2.15. The summed E-state index contributed by atoms with van der Waals surface area (Å²) in [5, 5.41) is 9.48. The van der Waals surface area contributed by atoms with Crippen LogP contribution in [0.2, 0.25) is 5.02 Å².